The Hall–Kier alpha value is -2.57. The van der Waals surface area contributed by atoms with E-state index in [0.717, 1.165) is 0 Å². The first-order valence-corrected chi connectivity index (χ1v) is 8.25. The molecule has 0 aliphatic heterocycles. The van der Waals surface area contributed by atoms with Crippen LogP contribution in [0.25, 0.3) is 11.4 Å². The number of rotatable bonds is 5. The molecule has 0 saturated heterocycles. The summed E-state index contributed by atoms with van der Waals surface area (Å²) in [5.74, 6) is 1.29. The third-order valence-electron chi connectivity index (χ3n) is 3.51. The summed E-state index contributed by atoms with van der Waals surface area (Å²) in [5, 5.41) is 3.72. The number of hydrogen-bond donors (Lipinski definition) is 1. The smallest absolute Gasteiger partial charge is 0.163 e. The molecule has 1 N–H and O–H groups in total. The van der Waals surface area contributed by atoms with Gasteiger partial charge in [-0.3, -0.25) is 0 Å². The summed E-state index contributed by atoms with van der Waals surface area (Å²) in [6, 6.07) is 10.8. The molecule has 5 nitrogen and oxygen atoms in total. The first kappa shape index (κ1) is 18.2. The Bertz CT molecular complexity index is 954. The van der Waals surface area contributed by atoms with Gasteiger partial charge in [0.2, 0.25) is 0 Å². The van der Waals surface area contributed by atoms with E-state index in [1.165, 1.54) is 26.4 Å². The molecule has 134 valence electrons. The molecule has 0 atom stereocenters. The number of nitrogens with zero attached hydrogens (tertiary/aromatic N) is 2. The van der Waals surface area contributed by atoms with Crippen molar-refractivity contribution in [2.24, 2.45) is 0 Å². The summed E-state index contributed by atoms with van der Waals surface area (Å²) in [4.78, 5) is 8.54. The second-order valence-corrected chi connectivity index (χ2v) is 6.02. The second-order valence-electron chi connectivity index (χ2n) is 5.22. The van der Waals surface area contributed by atoms with Crippen molar-refractivity contribution in [1.29, 1.82) is 0 Å². The molecule has 1 heterocycles. The van der Waals surface area contributed by atoms with Crippen molar-refractivity contribution >= 4 is 34.7 Å². The van der Waals surface area contributed by atoms with E-state index in [9.17, 15) is 4.39 Å². The van der Waals surface area contributed by atoms with Gasteiger partial charge in [0.25, 0.3) is 0 Å². The van der Waals surface area contributed by atoms with Gasteiger partial charge in [0.1, 0.15) is 28.3 Å². The molecule has 2 aromatic carbocycles. The van der Waals surface area contributed by atoms with E-state index >= 15 is 0 Å². The number of aromatic nitrogens is 2. The van der Waals surface area contributed by atoms with Crippen molar-refractivity contribution in [2.45, 2.75) is 0 Å². The molecular formula is C18H14Cl2FN3O2. The van der Waals surface area contributed by atoms with Crippen LogP contribution < -0.4 is 14.8 Å². The van der Waals surface area contributed by atoms with Crippen molar-refractivity contribution < 1.29 is 13.9 Å². The number of anilines is 2. The van der Waals surface area contributed by atoms with Crippen LogP contribution in [0.4, 0.5) is 15.9 Å². The highest BCUT2D eigenvalue weighted by atomic mass is 35.5. The summed E-state index contributed by atoms with van der Waals surface area (Å²) in [6.07, 6.45) is 0. The monoisotopic (exact) mass is 393 g/mol. The zero-order chi connectivity index (χ0) is 18.7. The zero-order valence-electron chi connectivity index (χ0n) is 13.9. The topological polar surface area (TPSA) is 56.3 Å². The van der Waals surface area contributed by atoms with Gasteiger partial charge < -0.3 is 14.8 Å². The van der Waals surface area contributed by atoms with Crippen LogP contribution >= 0.6 is 23.2 Å². The van der Waals surface area contributed by atoms with Gasteiger partial charge in [-0.25, -0.2) is 14.4 Å². The summed E-state index contributed by atoms with van der Waals surface area (Å²) < 4.78 is 24.0. The van der Waals surface area contributed by atoms with Gasteiger partial charge in [-0.1, -0.05) is 35.3 Å². The summed E-state index contributed by atoms with van der Waals surface area (Å²) in [5.41, 5.74) is 1.09. The van der Waals surface area contributed by atoms with Crippen molar-refractivity contribution in [1.82, 2.24) is 9.97 Å². The summed E-state index contributed by atoms with van der Waals surface area (Å²) >= 11 is 12.2. The van der Waals surface area contributed by atoms with E-state index in [2.05, 4.69) is 15.3 Å². The normalized spacial score (nSPS) is 10.5. The molecule has 0 aliphatic rings. The number of nitrogens with one attached hydrogen (secondary N) is 1. The van der Waals surface area contributed by atoms with Gasteiger partial charge in [0.05, 0.1) is 24.9 Å². The van der Waals surface area contributed by atoms with Crippen LogP contribution in [0.15, 0.2) is 42.5 Å². The van der Waals surface area contributed by atoms with Crippen LogP contribution in [0.3, 0.4) is 0 Å². The van der Waals surface area contributed by atoms with E-state index in [-0.39, 0.29) is 11.0 Å². The third-order valence-corrected chi connectivity index (χ3v) is 4.00. The SMILES string of the molecule is COc1cc(Nc2cc(Cl)nc(-c3cccc(F)c3)n2)c(OC)cc1Cl. The Morgan fingerprint density at radius 2 is 1.73 bits per heavy atom. The molecule has 0 spiro atoms. The lowest BCUT2D eigenvalue weighted by Crippen LogP contribution is -2.00. The highest BCUT2D eigenvalue weighted by Crippen LogP contribution is 2.37. The van der Waals surface area contributed by atoms with Gasteiger partial charge in [0, 0.05) is 23.8 Å². The fraction of sp³-hybridized carbons (Fsp3) is 0.111. The lowest BCUT2D eigenvalue weighted by molar-refractivity contribution is 0.405. The zero-order valence-corrected chi connectivity index (χ0v) is 15.4. The van der Waals surface area contributed by atoms with Crippen LogP contribution in [0.1, 0.15) is 0 Å². The number of hydrogen-bond acceptors (Lipinski definition) is 5. The standard InChI is InChI=1S/C18H14Cl2FN3O2/c1-25-14-8-13(15(26-2)7-12(14)19)22-17-9-16(20)23-18(24-17)10-4-3-5-11(21)6-10/h3-9H,1-2H3,(H,22,23,24). The minimum atomic E-state index is -0.385. The lowest BCUT2D eigenvalue weighted by Gasteiger charge is -2.14. The Morgan fingerprint density at radius 3 is 2.42 bits per heavy atom. The molecule has 26 heavy (non-hydrogen) atoms. The van der Waals surface area contributed by atoms with Crippen molar-refractivity contribution in [2.75, 3.05) is 19.5 Å². The number of halogens is 3. The largest absolute Gasteiger partial charge is 0.495 e. The van der Waals surface area contributed by atoms with Gasteiger partial charge >= 0.3 is 0 Å². The molecule has 3 rings (SSSR count). The van der Waals surface area contributed by atoms with Gasteiger partial charge in [-0.15, -0.1) is 0 Å². The predicted molar refractivity (Wildman–Crippen MR) is 100 cm³/mol. The fourth-order valence-electron chi connectivity index (χ4n) is 2.33. The van der Waals surface area contributed by atoms with E-state index in [1.54, 1.807) is 30.3 Å². The number of benzene rings is 2. The molecule has 0 amide bonds. The molecule has 3 aromatic rings. The molecule has 0 saturated carbocycles. The molecular weight excluding hydrogens is 380 g/mol. The highest BCUT2D eigenvalue weighted by Gasteiger charge is 2.13. The van der Waals surface area contributed by atoms with Crippen molar-refractivity contribution in [3.63, 3.8) is 0 Å². The Kier molecular flexibility index (Phi) is 5.44. The summed E-state index contributed by atoms with van der Waals surface area (Å²) in [6.45, 7) is 0. The fourth-order valence-corrected chi connectivity index (χ4v) is 2.75. The quantitative estimate of drug-likeness (QED) is 0.592. The minimum Gasteiger partial charge on any atom is -0.495 e. The van der Waals surface area contributed by atoms with Gasteiger partial charge in [0.15, 0.2) is 5.82 Å². The van der Waals surface area contributed by atoms with Crippen LogP contribution in [-0.2, 0) is 0 Å². The first-order valence-electron chi connectivity index (χ1n) is 7.49. The Morgan fingerprint density at radius 1 is 0.962 bits per heavy atom. The highest BCUT2D eigenvalue weighted by molar-refractivity contribution is 6.32. The maximum Gasteiger partial charge on any atom is 0.163 e. The van der Waals surface area contributed by atoms with Crippen LogP contribution in [0, 0.1) is 5.82 Å². The second kappa shape index (κ2) is 7.76. The van der Waals surface area contributed by atoms with Gasteiger partial charge in [-0.05, 0) is 12.1 Å². The average Bonchev–Trinajstić information content (AvgIpc) is 2.62. The first-order chi connectivity index (χ1) is 12.5. The Labute approximate surface area is 159 Å². The van der Waals surface area contributed by atoms with Gasteiger partial charge in [-0.2, -0.15) is 0 Å². The van der Waals surface area contributed by atoms with Crippen LogP contribution in [0.2, 0.25) is 10.2 Å². The van der Waals surface area contributed by atoms with Crippen molar-refractivity contribution in [3.05, 3.63) is 58.5 Å². The minimum absolute atomic E-state index is 0.210. The number of methoxy groups -OCH3 is 2. The summed E-state index contributed by atoms with van der Waals surface area (Å²) in [7, 11) is 3.04. The molecule has 0 unspecified atom stereocenters. The van der Waals surface area contributed by atoms with E-state index < -0.39 is 0 Å². The van der Waals surface area contributed by atoms with Crippen molar-refractivity contribution in [3.8, 4) is 22.9 Å². The molecule has 0 bridgehead atoms. The van der Waals surface area contributed by atoms with E-state index in [0.29, 0.717) is 39.4 Å². The van der Waals surface area contributed by atoms with E-state index in [1.807, 2.05) is 0 Å². The maximum atomic E-state index is 13.5. The van der Waals surface area contributed by atoms with Crippen LogP contribution in [-0.4, -0.2) is 24.2 Å². The average molecular weight is 394 g/mol. The number of ether oxygens (including phenoxy) is 2. The molecule has 8 heteroatoms. The van der Waals surface area contributed by atoms with Crippen LogP contribution in [0.5, 0.6) is 11.5 Å². The maximum absolute atomic E-state index is 13.5. The molecule has 1 aromatic heterocycles. The Balaban J connectivity index is 2.01. The van der Waals surface area contributed by atoms with E-state index in [4.69, 9.17) is 32.7 Å². The molecule has 0 fully saturated rings. The molecule has 0 aliphatic carbocycles. The lowest BCUT2D eigenvalue weighted by atomic mass is 10.2. The third kappa shape index (κ3) is 3.98. The predicted octanol–water partition coefficient (Wildman–Crippen LogP) is 5.35. The molecule has 0 radical (unpaired) electrons.